The van der Waals surface area contributed by atoms with Crippen LogP contribution in [0.25, 0.3) is 0 Å². The Labute approximate surface area is 127 Å². The van der Waals surface area contributed by atoms with E-state index in [4.69, 9.17) is 0 Å². The van der Waals surface area contributed by atoms with Crippen LogP contribution in [0.5, 0.6) is 0 Å². The Balaban J connectivity index is 0. The van der Waals surface area contributed by atoms with Crippen LogP contribution in [0.3, 0.4) is 0 Å². The lowest BCUT2D eigenvalue weighted by atomic mass is 9.92. The lowest BCUT2D eigenvalue weighted by Gasteiger charge is -2.28. The van der Waals surface area contributed by atoms with Crippen molar-refractivity contribution in [3.05, 3.63) is 0 Å². The van der Waals surface area contributed by atoms with E-state index in [1.165, 1.54) is 19.3 Å². The van der Waals surface area contributed by atoms with Crippen LogP contribution in [0.4, 0.5) is 0 Å². The Morgan fingerprint density at radius 1 is 1.00 bits per heavy atom. The van der Waals surface area contributed by atoms with E-state index < -0.39 is 7.32 Å². The molecule has 0 rings (SSSR count). The largest absolute Gasteiger partial charge is 0.690 e. The minimum atomic E-state index is -1.22. The van der Waals surface area contributed by atoms with Crippen LogP contribution >= 0.6 is 58.5 Å². The molecular formula is C7H16BCl3INO3. The van der Waals surface area contributed by atoms with Crippen molar-refractivity contribution in [1.29, 1.82) is 0 Å². The molecule has 0 amide bonds. The smallest absolute Gasteiger partial charge is 0.278 e. The van der Waals surface area contributed by atoms with Crippen molar-refractivity contribution in [2.24, 2.45) is 0 Å². The van der Waals surface area contributed by atoms with Gasteiger partial charge in [0.1, 0.15) is 0 Å². The summed E-state index contributed by atoms with van der Waals surface area (Å²) in [4.78, 5) is 0. The summed E-state index contributed by atoms with van der Waals surface area (Å²) in [6.07, 6.45) is 3.68. The van der Waals surface area contributed by atoms with E-state index in [0.29, 0.717) is 5.54 Å². The van der Waals surface area contributed by atoms with Crippen molar-refractivity contribution in [3.8, 4) is 0 Å². The van der Waals surface area contributed by atoms with Crippen LogP contribution in [0.15, 0.2) is 0 Å². The number of halogens is 4. The third-order valence-corrected chi connectivity index (χ3v) is 4.03. The minimum Gasteiger partial charge on any atom is -0.278 e. The van der Waals surface area contributed by atoms with Crippen molar-refractivity contribution in [3.63, 3.8) is 0 Å². The van der Waals surface area contributed by atoms with Gasteiger partial charge in [0.25, 0.3) is 0 Å². The molecule has 0 unspecified atom stereocenters. The minimum absolute atomic E-state index is 0.403. The molecule has 0 radical (unpaired) electrons. The zero-order valence-electron chi connectivity index (χ0n) is 9.44. The second kappa shape index (κ2) is 12.9. The van der Waals surface area contributed by atoms with Gasteiger partial charge >= 0.3 is 7.32 Å². The van der Waals surface area contributed by atoms with E-state index in [0.717, 1.165) is 0 Å². The van der Waals surface area contributed by atoms with Gasteiger partial charge in [-0.15, -0.1) is 0 Å². The summed E-state index contributed by atoms with van der Waals surface area (Å²) in [5.74, 6) is 0. The quantitative estimate of drug-likeness (QED) is 0.387. The molecule has 0 aromatic heterocycles. The molecular weight excluding hydrogens is 390 g/mol. The molecule has 16 heavy (non-hydrogen) atoms. The summed E-state index contributed by atoms with van der Waals surface area (Å²) in [7, 11) is -1.22. The van der Waals surface area contributed by atoms with Gasteiger partial charge in [0.05, 0.1) is 0 Å². The molecule has 0 aliphatic rings. The number of nitrogens with one attached hydrogen (secondary N) is 1. The van der Waals surface area contributed by atoms with Gasteiger partial charge in [-0.1, -0.05) is 20.8 Å². The molecule has 4 nitrogen and oxygen atoms in total. The first-order valence-electron chi connectivity index (χ1n) is 4.79. The first-order valence-corrected chi connectivity index (χ1v) is 6.80. The molecule has 0 atom stereocenters. The maximum Gasteiger partial charge on any atom is 0.690 e. The highest BCUT2D eigenvalue weighted by Crippen LogP contribution is 2.19. The summed E-state index contributed by atoms with van der Waals surface area (Å²) < 4.78 is 14.8. The number of rotatable bonds is 7. The van der Waals surface area contributed by atoms with Crippen LogP contribution in [0.1, 0.15) is 40.0 Å². The molecule has 0 bridgehead atoms. The number of hydrogen-bond acceptors (Lipinski definition) is 4. The third-order valence-electron chi connectivity index (χ3n) is 2.45. The van der Waals surface area contributed by atoms with Gasteiger partial charge in [0, 0.05) is 64.0 Å². The van der Waals surface area contributed by atoms with Crippen molar-refractivity contribution in [2.75, 3.05) is 0 Å². The molecule has 0 fully saturated rings. The zero-order chi connectivity index (χ0) is 13.0. The first-order chi connectivity index (χ1) is 7.59. The molecule has 0 spiro atoms. The molecule has 1 N–H and O–H groups in total. The molecule has 9 heteroatoms. The molecule has 0 heterocycles. The van der Waals surface area contributed by atoms with Crippen molar-refractivity contribution in [2.45, 2.75) is 45.6 Å². The number of hydrogen-bond donors (Lipinski definition) is 1. The summed E-state index contributed by atoms with van der Waals surface area (Å²) in [6, 6.07) is 0. The molecule has 0 aliphatic carbocycles. The lowest BCUT2D eigenvalue weighted by molar-refractivity contribution is 0.350. The molecule has 98 valence electrons. The third kappa shape index (κ3) is 8.57. The monoisotopic (exact) mass is 405 g/mol. The SMILES string of the molecule is CCC(CC)(CC)NI.ClOB(OCl)OCl. The van der Waals surface area contributed by atoms with Crippen LogP contribution in [0.2, 0.25) is 0 Å². The van der Waals surface area contributed by atoms with Gasteiger partial charge in [-0.3, -0.25) is 16.2 Å². The predicted octanol–water partition coefficient (Wildman–Crippen LogP) is 4.38. The van der Waals surface area contributed by atoms with Gasteiger partial charge in [-0.2, -0.15) is 0 Å². The van der Waals surface area contributed by atoms with Gasteiger partial charge in [0.2, 0.25) is 0 Å². The predicted molar refractivity (Wildman–Crippen MR) is 77.3 cm³/mol. The Hall–Kier alpha value is 1.50. The van der Waals surface area contributed by atoms with E-state index in [1.54, 1.807) is 0 Å². The fourth-order valence-corrected chi connectivity index (χ4v) is 2.47. The van der Waals surface area contributed by atoms with E-state index in [1.807, 2.05) is 0 Å². The highest BCUT2D eigenvalue weighted by atomic mass is 127. The fraction of sp³-hybridized carbons (Fsp3) is 1.00. The van der Waals surface area contributed by atoms with Gasteiger partial charge in [-0.25, -0.2) is 0 Å². The first kappa shape index (κ1) is 19.8. The lowest BCUT2D eigenvalue weighted by Crippen LogP contribution is -2.37. The average Bonchev–Trinajstić information content (AvgIpc) is 2.36. The Morgan fingerprint density at radius 2 is 1.31 bits per heavy atom. The molecule has 0 saturated heterocycles. The topological polar surface area (TPSA) is 39.7 Å². The summed E-state index contributed by atoms with van der Waals surface area (Å²) >= 11 is 16.2. The fourth-order valence-electron chi connectivity index (χ4n) is 0.992. The van der Waals surface area contributed by atoms with E-state index >= 15 is 0 Å². The molecule has 0 aromatic rings. The van der Waals surface area contributed by atoms with E-state index in [2.05, 4.69) is 95.4 Å². The van der Waals surface area contributed by atoms with Gasteiger partial charge in [-0.05, 0) is 19.3 Å². The van der Waals surface area contributed by atoms with Gasteiger partial charge in [0.15, 0.2) is 0 Å². The van der Waals surface area contributed by atoms with Crippen LogP contribution < -0.4 is 3.53 Å². The maximum atomic E-state index is 4.65. The Morgan fingerprint density at radius 3 is 1.31 bits per heavy atom. The van der Waals surface area contributed by atoms with Gasteiger partial charge < -0.3 is 0 Å². The van der Waals surface area contributed by atoms with Crippen molar-refractivity contribution < 1.29 is 12.6 Å². The summed E-state index contributed by atoms with van der Waals surface area (Å²) in [5.41, 5.74) is 0.403. The van der Waals surface area contributed by atoms with Crippen LogP contribution in [-0.2, 0) is 12.6 Å². The highest BCUT2D eigenvalue weighted by molar-refractivity contribution is 14.1. The summed E-state index contributed by atoms with van der Waals surface area (Å²) in [5, 5.41) is 0. The molecule has 0 aliphatic heterocycles. The van der Waals surface area contributed by atoms with Crippen molar-refractivity contribution in [1.82, 2.24) is 3.53 Å². The molecule has 0 aromatic carbocycles. The van der Waals surface area contributed by atoms with E-state index in [-0.39, 0.29) is 0 Å². The van der Waals surface area contributed by atoms with E-state index in [9.17, 15) is 0 Å². The zero-order valence-corrected chi connectivity index (χ0v) is 13.9. The molecule has 0 saturated carbocycles. The second-order valence-corrected chi connectivity index (χ2v) is 4.07. The highest BCUT2D eigenvalue weighted by Gasteiger charge is 2.21. The second-order valence-electron chi connectivity index (χ2n) is 2.99. The Bertz CT molecular complexity index is 130. The normalized spacial score (nSPS) is 10.7. The standard InChI is InChI=1S/C7H16IN.BCl3O3/c1-4-7(5-2,6-3)9-8;2-5-1(6-3)7-4/h9H,4-6H2,1-3H3;. The van der Waals surface area contributed by atoms with Crippen LogP contribution in [-0.4, -0.2) is 12.9 Å². The Kier molecular flexibility index (Phi) is 16.1. The van der Waals surface area contributed by atoms with Crippen LogP contribution in [0, 0.1) is 0 Å². The maximum absolute atomic E-state index is 4.65. The summed E-state index contributed by atoms with van der Waals surface area (Å²) in [6.45, 7) is 6.70. The average molecular weight is 406 g/mol. The van der Waals surface area contributed by atoms with Crippen molar-refractivity contribution >= 4 is 65.8 Å².